The highest BCUT2D eigenvalue weighted by atomic mass is 28.3. The van der Waals surface area contributed by atoms with E-state index in [1.165, 1.54) is 0 Å². The summed E-state index contributed by atoms with van der Waals surface area (Å²) in [5, 5.41) is 9.11. The van der Waals surface area contributed by atoms with E-state index in [1.54, 1.807) is 26.8 Å². The van der Waals surface area contributed by atoms with Gasteiger partial charge in [0.15, 0.2) is 0 Å². The smallest absolute Gasteiger partial charge is 0.332 e. The van der Waals surface area contributed by atoms with E-state index in [-0.39, 0.29) is 19.6 Å². The van der Waals surface area contributed by atoms with Crippen LogP contribution in [0.1, 0.15) is 43.0 Å². The number of aliphatic carboxylic acids is 1. The third kappa shape index (κ3) is 9.41. The Balaban J connectivity index is 3.01. The SMILES string of the molecule is Cc1c(C#C[Si](C)(C)C)cc(CC(=O)O)cc1COCC(=O)OC(C)(C)C. The van der Waals surface area contributed by atoms with Gasteiger partial charge in [-0.2, -0.15) is 0 Å². The van der Waals surface area contributed by atoms with Gasteiger partial charge in [0.25, 0.3) is 0 Å². The number of hydrogen-bond donors (Lipinski definition) is 1. The molecule has 0 bridgehead atoms. The molecule has 1 N–H and O–H groups in total. The largest absolute Gasteiger partial charge is 0.481 e. The third-order valence-corrected chi connectivity index (χ3v) is 4.28. The van der Waals surface area contributed by atoms with E-state index in [2.05, 4.69) is 31.1 Å². The van der Waals surface area contributed by atoms with Gasteiger partial charge in [-0.05, 0) is 50.5 Å². The van der Waals surface area contributed by atoms with Gasteiger partial charge in [-0.3, -0.25) is 4.79 Å². The Kier molecular flexibility index (Phi) is 7.82. The number of carbonyl (C=O) groups is 2. The van der Waals surface area contributed by atoms with Crippen LogP contribution in [0.3, 0.4) is 0 Å². The van der Waals surface area contributed by atoms with Gasteiger partial charge in [-0.1, -0.05) is 31.6 Å². The van der Waals surface area contributed by atoms with Gasteiger partial charge in [-0.15, -0.1) is 5.54 Å². The lowest BCUT2D eigenvalue weighted by molar-refractivity contribution is -0.160. The minimum Gasteiger partial charge on any atom is -0.481 e. The van der Waals surface area contributed by atoms with Crippen molar-refractivity contribution >= 4 is 20.0 Å². The summed E-state index contributed by atoms with van der Waals surface area (Å²) in [5.41, 5.74) is 6.01. The third-order valence-electron chi connectivity index (χ3n) is 3.40. The van der Waals surface area contributed by atoms with Gasteiger partial charge in [0.2, 0.25) is 0 Å². The molecule has 1 aromatic rings. The van der Waals surface area contributed by atoms with Crippen LogP contribution < -0.4 is 0 Å². The second-order valence-electron chi connectivity index (χ2n) is 8.58. The molecular weight excluding hydrogens is 360 g/mol. The standard InChI is InChI=1S/C21H30O5Si/c1-15-17(8-9-27(5,6)7)10-16(12-19(22)23)11-18(15)13-25-14-20(24)26-21(2,3)4/h10-11H,12-14H2,1-7H3,(H,22,23). The van der Waals surface area contributed by atoms with Crippen LogP contribution in [-0.2, 0) is 32.1 Å². The fourth-order valence-electron chi connectivity index (χ4n) is 2.27. The molecule has 0 fully saturated rings. The lowest BCUT2D eigenvalue weighted by Gasteiger charge is -2.19. The molecule has 148 valence electrons. The van der Waals surface area contributed by atoms with Crippen LogP contribution in [0.2, 0.25) is 19.6 Å². The van der Waals surface area contributed by atoms with Crippen molar-refractivity contribution in [3.8, 4) is 11.5 Å². The summed E-state index contributed by atoms with van der Waals surface area (Å²) in [5.74, 6) is 1.88. The molecule has 6 heteroatoms. The zero-order valence-corrected chi connectivity index (χ0v) is 18.4. The topological polar surface area (TPSA) is 72.8 Å². The van der Waals surface area contributed by atoms with Crippen LogP contribution in [0, 0.1) is 18.4 Å². The zero-order valence-electron chi connectivity index (χ0n) is 17.4. The number of ether oxygens (including phenoxy) is 2. The molecule has 0 saturated carbocycles. The van der Waals surface area contributed by atoms with Gasteiger partial charge in [0.05, 0.1) is 13.0 Å². The molecule has 0 unspecified atom stereocenters. The molecule has 0 aliphatic rings. The molecule has 0 aromatic heterocycles. The van der Waals surface area contributed by atoms with Crippen LogP contribution in [0.25, 0.3) is 0 Å². The average Bonchev–Trinajstić information content (AvgIpc) is 2.45. The predicted molar refractivity (Wildman–Crippen MR) is 108 cm³/mol. The van der Waals surface area contributed by atoms with Gasteiger partial charge >= 0.3 is 11.9 Å². The first kappa shape index (κ1) is 22.9. The number of carbonyl (C=O) groups excluding carboxylic acids is 1. The Hall–Kier alpha value is -2.10. The lowest BCUT2D eigenvalue weighted by Crippen LogP contribution is -2.26. The van der Waals surface area contributed by atoms with Crippen LogP contribution in [-0.4, -0.2) is 37.3 Å². The van der Waals surface area contributed by atoms with Crippen molar-refractivity contribution in [1.82, 2.24) is 0 Å². The molecule has 5 nitrogen and oxygen atoms in total. The molecule has 1 aromatic carbocycles. The molecule has 0 aliphatic carbocycles. The van der Waals surface area contributed by atoms with E-state index in [9.17, 15) is 9.59 Å². The summed E-state index contributed by atoms with van der Waals surface area (Å²) >= 11 is 0. The van der Waals surface area contributed by atoms with Crippen molar-refractivity contribution in [1.29, 1.82) is 0 Å². The number of carboxylic acid groups (broad SMARTS) is 1. The average molecular weight is 391 g/mol. The first-order valence-electron chi connectivity index (χ1n) is 8.94. The zero-order chi connectivity index (χ0) is 20.8. The van der Waals surface area contributed by atoms with E-state index in [4.69, 9.17) is 14.6 Å². The first-order chi connectivity index (χ1) is 12.3. The molecule has 0 amide bonds. The molecule has 0 aliphatic heterocycles. The predicted octanol–water partition coefficient (Wildman–Crippen LogP) is 3.71. The maximum atomic E-state index is 11.8. The minimum absolute atomic E-state index is 0.0824. The summed E-state index contributed by atoms with van der Waals surface area (Å²) < 4.78 is 10.7. The number of hydrogen-bond acceptors (Lipinski definition) is 4. The van der Waals surface area contributed by atoms with Crippen molar-refractivity contribution in [2.24, 2.45) is 0 Å². The summed E-state index contributed by atoms with van der Waals surface area (Å²) in [6, 6.07) is 3.63. The van der Waals surface area contributed by atoms with E-state index in [0.29, 0.717) is 5.56 Å². The highest BCUT2D eigenvalue weighted by Gasteiger charge is 2.17. The van der Waals surface area contributed by atoms with Crippen LogP contribution >= 0.6 is 0 Å². The fourth-order valence-corrected chi connectivity index (χ4v) is 2.78. The number of esters is 1. The van der Waals surface area contributed by atoms with Gasteiger partial charge in [0, 0.05) is 5.56 Å². The second kappa shape index (κ2) is 9.20. The molecule has 0 saturated heterocycles. The van der Waals surface area contributed by atoms with Crippen molar-refractivity contribution in [3.63, 3.8) is 0 Å². The Morgan fingerprint density at radius 1 is 1.19 bits per heavy atom. The molecule has 0 heterocycles. The quantitative estimate of drug-likeness (QED) is 0.455. The van der Waals surface area contributed by atoms with Crippen LogP contribution in [0.4, 0.5) is 0 Å². The monoisotopic (exact) mass is 390 g/mol. The second-order valence-corrected chi connectivity index (χ2v) is 13.3. The Morgan fingerprint density at radius 3 is 2.33 bits per heavy atom. The number of benzene rings is 1. The molecule has 1 rings (SSSR count). The van der Waals surface area contributed by atoms with Crippen molar-refractivity contribution in [3.05, 3.63) is 34.4 Å². The molecule has 0 radical (unpaired) electrons. The van der Waals surface area contributed by atoms with Crippen LogP contribution in [0.5, 0.6) is 0 Å². The molecular formula is C21H30O5Si. The highest BCUT2D eigenvalue weighted by Crippen LogP contribution is 2.19. The van der Waals surface area contributed by atoms with Crippen molar-refractivity contribution < 1.29 is 24.2 Å². The van der Waals surface area contributed by atoms with Gasteiger partial charge in [-0.25, -0.2) is 4.79 Å². The number of rotatable bonds is 6. The first-order valence-corrected chi connectivity index (χ1v) is 12.4. The summed E-state index contributed by atoms with van der Waals surface area (Å²) in [6.07, 6.45) is -0.0824. The minimum atomic E-state index is -1.56. The lowest BCUT2D eigenvalue weighted by atomic mass is 9.98. The maximum absolute atomic E-state index is 11.8. The molecule has 0 atom stereocenters. The fraction of sp³-hybridized carbons (Fsp3) is 0.524. The Bertz CT molecular complexity index is 758. The van der Waals surface area contributed by atoms with E-state index < -0.39 is 25.6 Å². The van der Waals surface area contributed by atoms with Crippen molar-refractivity contribution in [2.45, 2.75) is 66.0 Å². The highest BCUT2D eigenvalue weighted by molar-refractivity contribution is 6.83. The normalized spacial score (nSPS) is 11.5. The van der Waals surface area contributed by atoms with Crippen molar-refractivity contribution in [2.75, 3.05) is 6.61 Å². The number of carboxylic acids is 1. The van der Waals surface area contributed by atoms with Gasteiger partial charge in [0.1, 0.15) is 20.3 Å². The van der Waals surface area contributed by atoms with E-state index in [1.807, 2.05) is 13.0 Å². The Morgan fingerprint density at radius 2 is 1.81 bits per heavy atom. The van der Waals surface area contributed by atoms with Gasteiger partial charge < -0.3 is 14.6 Å². The Labute approximate surface area is 163 Å². The molecule has 0 spiro atoms. The summed E-state index contributed by atoms with van der Waals surface area (Å²) in [4.78, 5) is 22.9. The summed E-state index contributed by atoms with van der Waals surface area (Å²) in [6.45, 7) is 13.8. The van der Waals surface area contributed by atoms with Crippen LogP contribution in [0.15, 0.2) is 12.1 Å². The maximum Gasteiger partial charge on any atom is 0.332 e. The summed E-state index contributed by atoms with van der Waals surface area (Å²) in [7, 11) is -1.56. The van der Waals surface area contributed by atoms with E-state index in [0.717, 1.165) is 16.7 Å². The molecule has 27 heavy (non-hydrogen) atoms. The van der Waals surface area contributed by atoms with E-state index >= 15 is 0 Å².